The molecule has 0 spiro atoms. The summed E-state index contributed by atoms with van der Waals surface area (Å²) in [5, 5.41) is 12.2. The molecule has 2 N–H and O–H groups in total. The van der Waals surface area contributed by atoms with E-state index in [0.717, 1.165) is 5.56 Å². The van der Waals surface area contributed by atoms with Crippen LogP contribution in [0.5, 0.6) is 11.5 Å². The third-order valence-electron chi connectivity index (χ3n) is 3.01. The van der Waals surface area contributed by atoms with Gasteiger partial charge in [-0.3, -0.25) is 10.1 Å². The maximum atomic E-state index is 11.2. The zero-order valence-electron chi connectivity index (χ0n) is 12.5. The van der Waals surface area contributed by atoms with Crippen molar-refractivity contribution < 1.29 is 19.4 Å². The summed E-state index contributed by atoms with van der Waals surface area (Å²) < 4.78 is 10.9. The molecule has 1 aromatic rings. The van der Waals surface area contributed by atoms with Crippen LogP contribution in [0.25, 0.3) is 0 Å². The molecule has 5 heteroatoms. The van der Waals surface area contributed by atoms with Crippen LogP contribution in [0.15, 0.2) is 18.2 Å². The largest absolute Gasteiger partial charge is 0.493 e. The highest BCUT2D eigenvalue weighted by Crippen LogP contribution is 2.31. The number of benzene rings is 1. The summed E-state index contributed by atoms with van der Waals surface area (Å²) in [5.74, 6) is 0.481. The topological polar surface area (TPSA) is 67.8 Å². The molecular formula is C15H23NO4. The number of carbonyl (C=O) groups is 1. The molecule has 0 saturated carbocycles. The van der Waals surface area contributed by atoms with Crippen molar-refractivity contribution in [2.24, 2.45) is 5.92 Å². The van der Waals surface area contributed by atoms with Crippen LogP contribution < -0.4 is 14.8 Å². The molecule has 1 unspecified atom stereocenters. The van der Waals surface area contributed by atoms with Gasteiger partial charge in [-0.1, -0.05) is 26.0 Å². The standard InChI is InChI=1S/C15H23NO4/c1-5-20-12-8-6-7-11(14(12)19-4)9-16-13(10(2)3)15(17)18/h6-8,10,13,16H,5,9H2,1-4H3,(H,17,18). The Balaban J connectivity index is 2.86. The summed E-state index contributed by atoms with van der Waals surface area (Å²) in [7, 11) is 1.58. The third-order valence-corrected chi connectivity index (χ3v) is 3.01. The lowest BCUT2D eigenvalue weighted by Gasteiger charge is -2.19. The molecule has 0 aromatic heterocycles. The third kappa shape index (κ3) is 4.13. The lowest BCUT2D eigenvalue weighted by Crippen LogP contribution is -2.40. The first-order chi connectivity index (χ1) is 9.51. The predicted molar refractivity (Wildman–Crippen MR) is 77.3 cm³/mol. The maximum absolute atomic E-state index is 11.2. The van der Waals surface area contributed by atoms with E-state index in [9.17, 15) is 4.79 Å². The van der Waals surface area contributed by atoms with E-state index in [1.165, 1.54) is 0 Å². The van der Waals surface area contributed by atoms with Crippen molar-refractivity contribution in [1.29, 1.82) is 0 Å². The zero-order chi connectivity index (χ0) is 15.1. The molecule has 0 radical (unpaired) electrons. The Morgan fingerprint density at radius 2 is 2.10 bits per heavy atom. The Morgan fingerprint density at radius 1 is 1.40 bits per heavy atom. The van der Waals surface area contributed by atoms with E-state index < -0.39 is 12.0 Å². The van der Waals surface area contributed by atoms with E-state index in [2.05, 4.69) is 5.32 Å². The quantitative estimate of drug-likeness (QED) is 0.765. The lowest BCUT2D eigenvalue weighted by atomic mass is 10.0. The average Bonchev–Trinajstić information content (AvgIpc) is 2.38. The number of nitrogens with one attached hydrogen (secondary N) is 1. The van der Waals surface area contributed by atoms with Crippen molar-refractivity contribution in [2.45, 2.75) is 33.4 Å². The summed E-state index contributed by atoms with van der Waals surface area (Å²) in [6, 6.07) is 5.02. The summed E-state index contributed by atoms with van der Waals surface area (Å²) in [5.41, 5.74) is 0.880. The van der Waals surface area contributed by atoms with Crippen molar-refractivity contribution >= 4 is 5.97 Å². The van der Waals surface area contributed by atoms with E-state index in [1.807, 2.05) is 39.0 Å². The number of hydrogen-bond donors (Lipinski definition) is 2. The molecule has 0 bridgehead atoms. The SMILES string of the molecule is CCOc1cccc(CNC(C(=O)O)C(C)C)c1OC. The van der Waals surface area contributed by atoms with Gasteiger partial charge in [0.15, 0.2) is 11.5 Å². The van der Waals surface area contributed by atoms with Gasteiger partial charge in [0.2, 0.25) is 0 Å². The second-order valence-electron chi connectivity index (χ2n) is 4.82. The smallest absolute Gasteiger partial charge is 0.320 e. The lowest BCUT2D eigenvalue weighted by molar-refractivity contribution is -0.140. The molecule has 20 heavy (non-hydrogen) atoms. The molecule has 5 nitrogen and oxygen atoms in total. The molecule has 0 saturated heterocycles. The van der Waals surface area contributed by atoms with Crippen molar-refractivity contribution in [3.8, 4) is 11.5 Å². The van der Waals surface area contributed by atoms with Gasteiger partial charge in [-0.2, -0.15) is 0 Å². The fourth-order valence-corrected chi connectivity index (χ4v) is 2.03. The van der Waals surface area contributed by atoms with Gasteiger partial charge in [0.1, 0.15) is 6.04 Å². The van der Waals surface area contributed by atoms with Crippen molar-refractivity contribution in [1.82, 2.24) is 5.32 Å². The summed E-state index contributed by atoms with van der Waals surface area (Å²) in [6.45, 7) is 6.62. The van der Waals surface area contributed by atoms with Gasteiger partial charge < -0.3 is 14.6 Å². The first-order valence-electron chi connectivity index (χ1n) is 6.76. The predicted octanol–water partition coefficient (Wildman–Crippen LogP) is 2.29. The molecule has 112 valence electrons. The van der Waals surface area contributed by atoms with Gasteiger partial charge in [0.25, 0.3) is 0 Å². The van der Waals surface area contributed by atoms with Crippen LogP contribution >= 0.6 is 0 Å². The first kappa shape index (κ1) is 16.3. The van der Waals surface area contributed by atoms with Gasteiger partial charge in [-0.25, -0.2) is 0 Å². The van der Waals surface area contributed by atoms with Gasteiger partial charge in [-0.15, -0.1) is 0 Å². The number of aliphatic carboxylic acids is 1. The number of para-hydroxylation sites is 1. The van der Waals surface area contributed by atoms with Crippen LogP contribution in [0, 0.1) is 5.92 Å². The molecule has 0 aliphatic heterocycles. The molecule has 0 aliphatic carbocycles. The summed E-state index contributed by atoms with van der Waals surface area (Å²) >= 11 is 0. The van der Waals surface area contributed by atoms with Crippen molar-refractivity contribution in [3.63, 3.8) is 0 Å². The minimum absolute atomic E-state index is 0.00793. The van der Waals surface area contributed by atoms with Crippen LogP contribution in [-0.4, -0.2) is 30.8 Å². The maximum Gasteiger partial charge on any atom is 0.320 e. The molecule has 1 rings (SSSR count). The highest BCUT2D eigenvalue weighted by atomic mass is 16.5. The van der Waals surface area contributed by atoms with E-state index in [-0.39, 0.29) is 5.92 Å². The normalized spacial score (nSPS) is 12.2. The highest BCUT2D eigenvalue weighted by Gasteiger charge is 2.21. The van der Waals surface area contributed by atoms with E-state index >= 15 is 0 Å². The van der Waals surface area contributed by atoms with Gasteiger partial charge in [0.05, 0.1) is 13.7 Å². The Hall–Kier alpha value is -1.75. The van der Waals surface area contributed by atoms with E-state index in [1.54, 1.807) is 7.11 Å². The molecule has 1 aromatic carbocycles. The molecule has 0 fully saturated rings. The molecule has 0 aliphatic rings. The van der Waals surface area contributed by atoms with Crippen molar-refractivity contribution in [2.75, 3.05) is 13.7 Å². The number of ether oxygens (including phenoxy) is 2. The highest BCUT2D eigenvalue weighted by molar-refractivity contribution is 5.73. The number of methoxy groups -OCH3 is 1. The van der Waals surface area contributed by atoms with E-state index in [4.69, 9.17) is 14.6 Å². The molecule has 0 heterocycles. The summed E-state index contributed by atoms with van der Waals surface area (Å²) in [6.07, 6.45) is 0. The number of rotatable bonds is 8. The number of carboxylic acid groups (broad SMARTS) is 1. The minimum atomic E-state index is -0.847. The monoisotopic (exact) mass is 281 g/mol. The molecule has 1 atom stereocenters. The summed E-state index contributed by atoms with van der Waals surface area (Å²) in [4.78, 5) is 11.2. The van der Waals surface area contributed by atoms with Crippen LogP contribution in [0.2, 0.25) is 0 Å². The molecule has 0 amide bonds. The zero-order valence-corrected chi connectivity index (χ0v) is 12.5. The van der Waals surface area contributed by atoms with Crippen molar-refractivity contribution in [3.05, 3.63) is 23.8 Å². The van der Waals surface area contributed by atoms with E-state index in [0.29, 0.717) is 24.7 Å². The average molecular weight is 281 g/mol. The van der Waals surface area contributed by atoms with Crippen LogP contribution in [0.4, 0.5) is 0 Å². The van der Waals surface area contributed by atoms with Crippen LogP contribution in [0.3, 0.4) is 0 Å². The van der Waals surface area contributed by atoms with Crippen LogP contribution in [0.1, 0.15) is 26.3 Å². The fraction of sp³-hybridized carbons (Fsp3) is 0.533. The first-order valence-corrected chi connectivity index (χ1v) is 6.76. The number of hydrogen-bond acceptors (Lipinski definition) is 4. The second kappa shape index (κ2) is 7.75. The Morgan fingerprint density at radius 3 is 2.60 bits per heavy atom. The van der Waals surface area contributed by atoms with Gasteiger partial charge in [-0.05, 0) is 18.9 Å². The second-order valence-corrected chi connectivity index (χ2v) is 4.82. The Kier molecular flexibility index (Phi) is 6.31. The minimum Gasteiger partial charge on any atom is -0.493 e. The molecular weight excluding hydrogens is 258 g/mol. The van der Waals surface area contributed by atoms with Gasteiger partial charge in [0, 0.05) is 12.1 Å². The fourth-order valence-electron chi connectivity index (χ4n) is 2.03. The Bertz CT molecular complexity index is 445. The van der Waals surface area contributed by atoms with Gasteiger partial charge >= 0.3 is 5.97 Å². The number of carboxylic acids is 1. The van der Waals surface area contributed by atoms with Crippen LogP contribution in [-0.2, 0) is 11.3 Å². The Labute approximate surface area is 119 Å².